The maximum Gasteiger partial charge on any atom is 0.404 e. The van der Waals surface area contributed by atoms with Crippen LogP contribution in [0.3, 0.4) is 0 Å². The van der Waals surface area contributed by atoms with Crippen molar-refractivity contribution < 1.29 is 28.6 Å². The van der Waals surface area contributed by atoms with Crippen molar-refractivity contribution in [1.29, 1.82) is 0 Å². The van der Waals surface area contributed by atoms with Gasteiger partial charge in [0.25, 0.3) is 5.91 Å². The highest BCUT2D eigenvalue weighted by molar-refractivity contribution is 5.95. The van der Waals surface area contributed by atoms with Gasteiger partial charge in [-0.2, -0.15) is 0 Å². The second-order valence-corrected chi connectivity index (χ2v) is 6.02. The predicted molar refractivity (Wildman–Crippen MR) is 94.2 cm³/mol. The lowest BCUT2D eigenvalue weighted by Crippen LogP contribution is -2.38. The van der Waals surface area contributed by atoms with E-state index in [0.717, 1.165) is 12.1 Å². The molecule has 0 bridgehead atoms. The Morgan fingerprint density at radius 3 is 2.68 bits per heavy atom. The summed E-state index contributed by atoms with van der Waals surface area (Å²) >= 11 is 0. The summed E-state index contributed by atoms with van der Waals surface area (Å²) in [5.41, 5.74) is 0.802. The topological polar surface area (TPSA) is 116 Å². The van der Waals surface area contributed by atoms with Crippen molar-refractivity contribution in [2.24, 2.45) is 0 Å². The number of aromatic nitrogens is 2. The number of carboxylic acid groups (broad SMARTS) is 1. The van der Waals surface area contributed by atoms with Gasteiger partial charge in [0.2, 0.25) is 0 Å². The smallest absolute Gasteiger partial charge is 0.404 e. The van der Waals surface area contributed by atoms with Gasteiger partial charge >= 0.3 is 6.09 Å². The number of halogens is 2. The predicted octanol–water partition coefficient (Wildman–Crippen LogP) is 2.37. The van der Waals surface area contributed by atoms with Crippen LogP contribution < -0.4 is 10.6 Å². The first-order chi connectivity index (χ1) is 13.3. The van der Waals surface area contributed by atoms with Crippen LogP contribution in [0.1, 0.15) is 27.8 Å². The van der Waals surface area contributed by atoms with Crippen LogP contribution in [0, 0.1) is 18.6 Å². The highest BCUT2D eigenvalue weighted by atomic mass is 19.2. The molecule has 0 aliphatic rings. The largest absolute Gasteiger partial charge is 0.504 e. The Hall–Kier alpha value is -3.69. The van der Waals surface area contributed by atoms with E-state index in [1.54, 1.807) is 6.92 Å². The van der Waals surface area contributed by atoms with E-state index in [9.17, 15) is 23.5 Å². The van der Waals surface area contributed by atoms with E-state index in [2.05, 4.69) is 15.6 Å². The molecular formula is C18H16F2N4O4. The third-order valence-electron chi connectivity index (χ3n) is 4.13. The third-order valence-corrected chi connectivity index (χ3v) is 4.13. The van der Waals surface area contributed by atoms with Crippen LogP contribution in [-0.2, 0) is 0 Å². The van der Waals surface area contributed by atoms with Crippen LogP contribution in [0.25, 0.3) is 5.65 Å². The van der Waals surface area contributed by atoms with Crippen LogP contribution in [0.4, 0.5) is 13.6 Å². The van der Waals surface area contributed by atoms with Crippen molar-refractivity contribution in [1.82, 2.24) is 20.0 Å². The lowest BCUT2D eigenvalue weighted by molar-refractivity contribution is 0.0928. The van der Waals surface area contributed by atoms with Crippen molar-refractivity contribution in [2.45, 2.75) is 13.0 Å². The van der Waals surface area contributed by atoms with E-state index in [4.69, 9.17) is 5.11 Å². The molecule has 146 valence electrons. The molecule has 10 heteroatoms. The summed E-state index contributed by atoms with van der Waals surface area (Å²) in [6, 6.07) is 5.00. The lowest BCUT2D eigenvalue weighted by atomic mass is 10.1. The number of hydrogen-bond donors (Lipinski definition) is 4. The molecule has 2 heterocycles. The average Bonchev–Trinajstić information content (AvgIpc) is 2.98. The minimum Gasteiger partial charge on any atom is -0.504 e. The minimum absolute atomic E-state index is 0.116. The number of carbonyl (C=O) groups excluding carboxylic acids is 1. The van der Waals surface area contributed by atoms with Crippen molar-refractivity contribution in [3.05, 3.63) is 65.1 Å². The Morgan fingerprint density at radius 2 is 2.00 bits per heavy atom. The quantitative estimate of drug-likeness (QED) is 0.534. The summed E-state index contributed by atoms with van der Waals surface area (Å²) in [6.07, 6.45) is 0.198. The van der Waals surface area contributed by atoms with Gasteiger partial charge in [-0.3, -0.25) is 9.20 Å². The molecule has 1 aromatic carbocycles. The van der Waals surface area contributed by atoms with Gasteiger partial charge in [0.05, 0.1) is 11.7 Å². The Labute approximate surface area is 157 Å². The lowest BCUT2D eigenvalue weighted by Gasteiger charge is -2.19. The molecule has 0 spiro atoms. The molecule has 3 aromatic rings. The molecule has 1 atom stereocenters. The fraction of sp³-hybridized carbons (Fsp3) is 0.167. The van der Waals surface area contributed by atoms with E-state index in [1.165, 1.54) is 28.8 Å². The van der Waals surface area contributed by atoms with Crippen molar-refractivity contribution in [3.63, 3.8) is 0 Å². The molecule has 8 nitrogen and oxygen atoms in total. The van der Waals surface area contributed by atoms with Gasteiger partial charge in [-0.1, -0.05) is 6.07 Å². The molecule has 0 aliphatic heterocycles. The van der Waals surface area contributed by atoms with Crippen molar-refractivity contribution in [3.8, 4) is 5.75 Å². The number of pyridine rings is 1. The number of amides is 2. The van der Waals surface area contributed by atoms with Gasteiger partial charge in [0.1, 0.15) is 5.69 Å². The zero-order valence-electron chi connectivity index (χ0n) is 14.6. The first-order valence-corrected chi connectivity index (χ1v) is 8.17. The second kappa shape index (κ2) is 7.51. The summed E-state index contributed by atoms with van der Waals surface area (Å²) in [5.74, 6) is -2.93. The molecule has 28 heavy (non-hydrogen) atoms. The highest BCUT2D eigenvalue weighted by Gasteiger charge is 2.23. The van der Waals surface area contributed by atoms with Crippen molar-refractivity contribution >= 4 is 17.6 Å². The van der Waals surface area contributed by atoms with E-state index >= 15 is 0 Å². The molecule has 0 aliphatic carbocycles. The first kappa shape index (κ1) is 19.1. The van der Waals surface area contributed by atoms with Crippen LogP contribution in [0.5, 0.6) is 5.75 Å². The molecule has 4 N–H and O–H groups in total. The number of hydrogen-bond acceptors (Lipinski definition) is 4. The molecule has 0 radical (unpaired) electrons. The number of nitrogens with one attached hydrogen (secondary N) is 2. The minimum atomic E-state index is -1.34. The summed E-state index contributed by atoms with van der Waals surface area (Å²) in [4.78, 5) is 27.8. The zero-order valence-corrected chi connectivity index (χ0v) is 14.6. The van der Waals surface area contributed by atoms with Gasteiger partial charge in [-0.15, -0.1) is 0 Å². The summed E-state index contributed by atoms with van der Waals surface area (Å²) in [5, 5.41) is 23.4. The monoisotopic (exact) mass is 390 g/mol. The van der Waals surface area contributed by atoms with Gasteiger partial charge in [0, 0.05) is 12.7 Å². The maximum absolute atomic E-state index is 13.6. The number of benzene rings is 1. The molecule has 0 saturated carbocycles. The number of aryl methyl sites for hydroxylation is 1. The number of rotatable bonds is 5. The SMILES string of the molecule is Cc1nc2c(O)cccn2c1C(=O)NC(CNC(=O)O)c1ccc(F)c(F)c1. The fourth-order valence-electron chi connectivity index (χ4n) is 2.84. The van der Waals surface area contributed by atoms with Crippen LogP contribution in [-0.4, -0.2) is 38.1 Å². The van der Waals surface area contributed by atoms with E-state index in [-0.39, 0.29) is 29.2 Å². The highest BCUT2D eigenvalue weighted by Crippen LogP contribution is 2.22. The van der Waals surface area contributed by atoms with Crippen LogP contribution >= 0.6 is 0 Å². The fourth-order valence-corrected chi connectivity index (χ4v) is 2.84. The molecular weight excluding hydrogens is 374 g/mol. The second-order valence-electron chi connectivity index (χ2n) is 6.02. The first-order valence-electron chi connectivity index (χ1n) is 8.17. The number of aromatic hydroxyl groups is 1. The summed E-state index contributed by atoms with van der Waals surface area (Å²) in [6.45, 7) is 1.30. The Morgan fingerprint density at radius 1 is 1.25 bits per heavy atom. The van der Waals surface area contributed by atoms with Crippen LogP contribution in [0.2, 0.25) is 0 Å². The van der Waals surface area contributed by atoms with Gasteiger partial charge in [-0.25, -0.2) is 18.6 Å². The third kappa shape index (κ3) is 3.70. The van der Waals surface area contributed by atoms with E-state index < -0.39 is 29.7 Å². The Bertz CT molecular complexity index is 1070. The summed E-state index contributed by atoms with van der Waals surface area (Å²) in [7, 11) is 0. The number of nitrogens with zero attached hydrogens (tertiary/aromatic N) is 2. The molecule has 3 rings (SSSR count). The molecule has 0 fully saturated rings. The van der Waals surface area contributed by atoms with Crippen molar-refractivity contribution in [2.75, 3.05) is 6.54 Å². The van der Waals surface area contributed by atoms with E-state index in [0.29, 0.717) is 5.69 Å². The number of carbonyl (C=O) groups is 2. The van der Waals surface area contributed by atoms with Gasteiger partial charge in [0.15, 0.2) is 23.0 Å². The Kier molecular flexibility index (Phi) is 5.12. The molecule has 2 amide bonds. The maximum atomic E-state index is 13.6. The van der Waals surface area contributed by atoms with Crippen LogP contribution in [0.15, 0.2) is 36.5 Å². The van der Waals surface area contributed by atoms with E-state index in [1.807, 2.05) is 0 Å². The Balaban J connectivity index is 1.95. The molecule has 0 saturated heterocycles. The standard InChI is InChI=1S/C18H16F2N4O4/c1-9-15(24-6-2-3-14(25)16(24)22-9)17(26)23-13(8-21-18(27)28)10-4-5-11(19)12(20)7-10/h2-7,13,21,25H,8H2,1H3,(H,23,26)(H,27,28). The zero-order chi connectivity index (χ0) is 20.4. The van der Waals surface area contributed by atoms with Gasteiger partial charge in [-0.05, 0) is 36.8 Å². The number of fused-ring (bicyclic) bond motifs is 1. The van der Waals surface area contributed by atoms with Gasteiger partial charge < -0.3 is 20.8 Å². The molecule has 1 unspecified atom stereocenters. The normalized spacial score (nSPS) is 12.0. The molecule has 2 aromatic heterocycles. The summed E-state index contributed by atoms with van der Waals surface area (Å²) < 4.78 is 28.2. The average molecular weight is 390 g/mol. The number of imidazole rings is 1.